The van der Waals surface area contributed by atoms with Gasteiger partial charge in [-0.25, -0.2) is 8.78 Å². The van der Waals surface area contributed by atoms with E-state index in [-0.39, 0.29) is 23.7 Å². The summed E-state index contributed by atoms with van der Waals surface area (Å²) in [6.45, 7) is 0.194. The van der Waals surface area contributed by atoms with E-state index < -0.39 is 24.1 Å². The average Bonchev–Trinajstić information content (AvgIpc) is 2.77. The van der Waals surface area contributed by atoms with E-state index in [0.29, 0.717) is 13.0 Å². The number of aliphatic hydroxyl groups is 1. The Bertz CT molecular complexity index is 456. The fourth-order valence-corrected chi connectivity index (χ4v) is 2.21. The average molecular weight is 256 g/mol. The molecule has 3 N–H and O–H groups in total. The van der Waals surface area contributed by atoms with Gasteiger partial charge in [0.2, 0.25) is 5.91 Å². The van der Waals surface area contributed by atoms with Gasteiger partial charge in [-0.2, -0.15) is 0 Å². The highest BCUT2D eigenvalue weighted by Gasteiger charge is 2.30. The van der Waals surface area contributed by atoms with Crippen LogP contribution < -0.4 is 10.6 Å². The molecule has 0 aliphatic carbocycles. The second-order valence-electron chi connectivity index (χ2n) is 4.40. The van der Waals surface area contributed by atoms with Gasteiger partial charge in [-0.05, 0) is 24.1 Å². The lowest BCUT2D eigenvalue weighted by Crippen LogP contribution is -2.28. The number of hydrogen-bond donors (Lipinski definition) is 2. The third-order valence-corrected chi connectivity index (χ3v) is 3.17. The second-order valence-corrected chi connectivity index (χ2v) is 4.40. The quantitative estimate of drug-likeness (QED) is 0.839. The lowest BCUT2D eigenvalue weighted by atomic mass is 10.1. The Hall–Kier alpha value is -1.69. The summed E-state index contributed by atoms with van der Waals surface area (Å²) < 4.78 is 27.5. The summed E-state index contributed by atoms with van der Waals surface area (Å²) in [5.41, 5.74) is 5.20. The Morgan fingerprint density at radius 3 is 2.50 bits per heavy atom. The highest BCUT2D eigenvalue weighted by Crippen LogP contribution is 2.29. The van der Waals surface area contributed by atoms with Gasteiger partial charge in [-0.1, -0.05) is 0 Å². The monoisotopic (exact) mass is 256 g/mol. The van der Waals surface area contributed by atoms with Gasteiger partial charge in [-0.15, -0.1) is 0 Å². The van der Waals surface area contributed by atoms with Gasteiger partial charge in [0.1, 0.15) is 17.3 Å². The van der Waals surface area contributed by atoms with E-state index in [0.717, 1.165) is 12.1 Å². The molecule has 1 saturated heterocycles. The molecule has 1 aromatic carbocycles. The Morgan fingerprint density at radius 2 is 2.06 bits per heavy atom. The number of halogens is 2. The van der Waals surface area contributed by atoms with E-state index in [2.05, 4.69) is 0 Å². The lowest BCUT2D eigenvalue weighted by Gasteiger charge is -2.20. The van der Waals surface area contributed by atoms with E-state index >= 15 is 0 Å². The Morgan fingerprint density at radius 1 is 1.44 bits per heavy atom. The maximum atomic E-state index is 13.8. The summed E-state index contributed by atoms with van der Waals surface area (Å²) in [7, 11) is 0. The van der Waals surface area contributed by atoms with E-state index in [1.165, 1.54) is 4.90 Å². The van der Waals surface area contributed by atoms with E-state index in [4.69, 9.17) is 10.8 Å². The molecular formula is C12H14F2N2O2. The Kier molecular flexibility index (Phi) is 3.47. The van der Waals surface area contributed by atoms with Crippen LogP contribution in [0, 0.1) is 17.6 Å². The number of primary amides is 1. The van der Waals surface area contributed by atoms with Crippen LogP contribution in [-0.4, -0.2) is 24.1 Å². The van der Waals surface area contributed by atoms with E-state index in [1.807, 2.05) is 0 Å². The molecule has 98 valence electrons. The maximum absolute atomic E-state index is 13.8. The minimum Gasteiger partial charge on any atom is -0.392 e. The van der Waals surface area contributed by atoms with Gasteiger partial charge in [0, 0.05) is 13.1 Å². The zero-order valence-corrected chi connectivity index (χ0v) is 9.70. The normalized spacial score (nSPS) is 19.3. The summed E-state index contributed by atoms with van der Waals surface area (Å²) in [5, 5.41) is 8.85. The van der Waals surface area contributed by atoms with Crippen LogP contribution >= 0.6 is 0 Å². The molecule has 6 heteroatoms. The summed E-state index contributed by atoms with van der Waals surface area (Å²) in [4.78, 5) is 12.5. The molecule has 0 radical (unpaired) electrons. The molecule has 0 aromatic heterocycles. The molecule has 4 nitrogen and oxygen atoms in total. The molecule has 1 fully saturated rings. The van der Waals surface area contributed by atoms with Crippen LogP contribution in [0.4, 0.5) is 14.5 Å². The van der Waals surface area contributed by atoms with Gasteiger partial charge in [0.25, 0.3) is 0 Å². The van der Waals surface area contributed by atoms with Crippen LogP contribution in [0.15, 0.2) is 12.1 Å². The molecule has 1 unspecified atom stereocenters. The van der Waals surface area contributed by atoms with Crippen molar-refractivity contribution in [3.05, 3.63) is 29.3 Å². The van der Waals surface area contributed by atoms with Crippen molar-refractivity contribution >= 4 is 11.6 Å². The van der Waals surface area contributed by atoms with Crippen molar-refractivity contribution in [1.29, 1.82) is 0 Å². The highest BCUT2D eigenvalue weighted by atomic mass is 19.1. The summed E-state index contributed by atoms with van der Waals surface area (Å²) >= 11 is 0. The molecule has 1 aromatic rings. The minimum atomic E-state index is -0.732. The zero-order chi connectivity index (χ0) is 13.3. The van der Waals surface area contributed by atoms with Gasteiger partial charge in [0.05, 0.1) is 12.5 Å². The number of nitrogens with zero attached hydrogens (tertiary/aromatic N) is 1. The maximum Gasteiger partial charge on any atom is 0.222 e. The molecule has 1 amide bonds. The predicted octanol–water partition coefficient (Wildman–Crippen LogP) is 0.769. The number of anilines is 1. The van der Waals surface area contributed by atoms with Crippen LogP contribution in [0.1, 0.15) is 12.0 Å². The first-order valence-corrected chi connectivity index (χ1v) is 5.66. The number of carbonyl (C=O) groups is 1. The SMILES string of the molecule is NC(=O)C1CCN(c2c(F)cc(CO)cc2F)C1. The molecule has 1 aliphatic rings. The Balaban J connectivity index is 2.27. The number of nitrogens with two attached hydrogens (primary N) is 1. The van der Waals surface area contributed by atoms with E-state index in [1.54, 1.807) is 0 Å². The molecule has 2 rings (SSSR count). The molecule has 1 atom stereocenters. The molecule has 0 saturated carbocycles. The third-order valence-electron chi connectivity index (χ3n) is 3.17. The molecular weight excluding hydrogens is 242 g/mol. The van der Waals surface area contributed by atoms with Gasteiger partial charge in [0.15, 0.2) is 0 Å². The number of carbonyl (C=O) groups excluding carboxylic acids is 1. The van der Waals surface area contributed by atoms with Crippen molar-refractivity contribution in [2.75, 3.05) is 18.0 Å². The number of benzene rings is 1. The largest absolute Gasteiger partial charge is 0.392 e. The fourth-order valence-electron chi connectivity index (χ4n) is 2.21. The van der Waals surface area contributed by atoms with Crippen LogP contribution in [0.25, 0.3) is 0 Å². The standard InChI is InChI=1S/C12H14F2N2O2/c13-9-3-7(6-17)4-10(14)11(9)16-2-1-8(5-16)12(15)18/h3-4,8,17H,1-2,5-6H2,(H2,15,18). The molecule has 1 heterocycles. The van der Waals surface area contributed by atoms with Gasteiger partial charge >= 0.3 is 0 Å². The van der Waals surface area contributed by atoms with Crippen LogP contribution in [0.5, 0.6) is 0 Å². The van der Waals surface area contributed by atoms with E-state index in [9.17, 15) is 13.6 Å². The fraction of sp³-hybridized carbons (Fsp3) is 0.417. The minimum absolute atomic E-state index is 0.157. The lowest BCUT2D eigenvalue weighted by molar-refractivity contribution is -0.121. The number of hydrogen-bond acceptors (Lipinski definition) is 3. The first-order chi connectivity index (χ1) is 8.52. The predicted molar refractivity (Wildman–Crippen MR) is 61.8 cm³/mol. The molecule has 18 heavy (non-hydrogen) atoms. The number of aliphatic hydroxyl groups excluding tert-OH is 1. The van der Waals surface area contributed by atoms with Crippen molar-refractivity contribution in [3.63, 3.8) is 0 Å². The van der Waals surface area contributed by atoms with Crippen molar-refractivity contribution in [2.45, 2.75) is 13.0 Å². The molecule has 1 aliphatic heterocycles. The first-order valence-electron chi connectivity index (χ1n) is 5.66. The Labute approximate surface area is 103 Å². The van der Waals surface area contributed by atoms with Crippen molar-refractivity contribution < 1.29 is 18.7 Å². The summed E-state index contributed by atoms with van der Waals surface area (Å²) in [5.74, 6) is -2.29. The zero-order valence-electron chi connectivity index (χ0n) is 9.70. The smallest absolute Gasteiger partial charge is 0.222 e. The third kappa shape index (κ3) is 2.28. The summed E-state index contributed by atoms with van der Waals surface area (Å²) in [6, 6.07) is 2.19. The second kappa shape index (κ2) is 4.89. The number of rotatable bonds is 3. The summed E-state index contributed by atoms with van der Waals surface area (Å²) in [6.07, 6.45) is 0.496. The first kappa shape index (κ1) is 12.8. The van der Waals surface area contributed by atoms with Crippen molar-refractivity contribution in [3.8, 4) is 0 Å². The van der Waals surface area contributed by atoms with Crippen LogP contribution in [0.3, 0.4) is 0 Å². The van der Waals surface area contributed by atoms with Gasteiger partial charge < -0.3 is 15.7 Å². The van der Waals surface area contributed by atoms with Crippen molar-refractivity contribution in [2.24, 2.45) is 11.7 Å². The molecule has 0 bridgehead atoms. The number of amides is 1. The highest BCUT2D eigenvalue weighted by molar-refractivity contribution is 5.78. The van der Waals surface area contributed by atoms with Crippen LogP contribution in [0.2, 0.25) is 0 Å². The molecule has 0 spiro atoms. The van der Waals surface area contributed by atoms with Crippen molar-refractivity contribution in [1.82, 2.24) is 0 Å². The van der Waals surface area contributed by atoms with Crippen LogP contribution in [-0.2, 0) is 11.4 Å². The topological polar surface area (TPSA) is 66.6 Å². The van der Waals surface area contributed by atoms with Gasteiger partial charge in [-0.3, -0.25) is 4.79 Å².